The van der Waals surface area contributed by atoms with Gasteiger partial charge < -0.3 is 15.2 Å². The highest BCUT2D eigenvalue weighted by Crippen LogP contribution is 2.16. The summed E-state index contributed by atoms with van der Waals surface area (Å²) < 4.78 is 5.43. The molecule has 0 aliphatic rings. The molecule has 0 fully saturated rings. The molecule has 122 valence electrons. The van der Waals surface area contributed by atoms with Crippen molar-refractivity contribution >= 4 is 23.6 Å². The largest absolute Gasteiger partial charge is 0.484 e. The minimum absolute atomic E-state index is 0.187. The van der Waals surface area contributed by atoms with Gasteiger partial charge in [0, 0.05) is 0 Å². The lowest BCUT2D eigenvalue weighted by molar-refractivity contribution is -0.142. The third-order valence-corrected chi connectivity index (χ3v) is 3.89. The van der Waals surface area contributed by atoms with Gasteiger partial charge in [0.05, 0.1) is 0 Å². The second-order valence-corrected chi connectivity index (χ2v) is 6.45. The molecule has 2 N–H and O–H groups in total. The molecule has 1 atom stereocenters. The van der Waals surface area contributed by atoms with E-state index in [1.165, 1.54) is 0 Å². The van der Waals surface area contributed by atoms with Gasteiger partial charge in [-0.25, -0.2) is 4.79 Å². The smallest absolute Gasteiger partial charge is 0.326 e. The molecule has 0 spiro atoms. The Labute approximate surface area is 135 Å². The van der Waals surface area contributed by atoms with Crippen molar-refractivity contribution in [3.63, 3.8) is 0 Å². The van der Waals surface area contributed by atoms with Gasteiger partial charge in [-0.05, 0) is 55.0 Å². The van der Waals surface area contributed by atoms with Crippen LogP contribution >= 0.6 is 11.8 Å². The van der Waals surface area contributed by atoms with E-state index in [1.807, 2.05) is 39.0 Å². The van der Waals surface area contributed by atoms with Crippen LogP contribution < -0.4 is 10.1 Å². The van der Waals surface area contributed by atoms with Gasteiger partial charge in [-0.3, -0.25) is 4.79 Å². The first-order valence-corrected chi connectivity index (χ1v) is 8.39. The quantitative estimate of drug-likeness (QED) is 0.682. The summed E-state index contributed by atoms with van der Waals surface area (Å²) in [4.78, 5) is 23.0. The van der Waals surface area contributed by atoms with Crippen LogP contribution in [0.5, 0.6) is 5.75 Å². The van der Waals surface area contributed by atoms with E-state index in [0.29, 0.717) is 17.9 Å². The number of carbonyl (C=O) groups is 2. The summed E-state index contributed by atoms with van der Waals surface area (Å²) in [6, 6.07) is 4.83. The number of hydrogen-bond donors (Lipinski definition) is 2. The third-order valence-electron chi connectivity index (χ3n) is 2.95. The van der Waals surface area contributed by atoms with Crippen LogP contribution in [0.3, 0.4) is 0 Å². The minimum Gasteiger partial charge on any atom is -0.484 e. The van der Waals surface area contributed by atoms with E-state index in [0.717, 1.165) is 16.9 Å². The summed E-state index contributed by atoms with van der Waals surface area (Å²) in [6.45, 7) is 5.72. The Morgan fingerprint density at radius 3 is 2.45 bits per heavy atom. The number of aliphatic carboxylic acids is 1. The molecule has 6 heteroatoms. The van der Waals surface area contributed by atoms with E-state index in [4.69, 9.17) is 9.84 Å². The molecule has 0 aliphatic carbocycles. The Hall–Kier alpha value is -1.69. The predicted molar refractivity (Wildman–Crippen MR) is 88.6 cm³/mol. The number of aryl methyl sites for hydroxylation is 2. The van der Waals surface area contributed by atoms with Crippen LogP contribution in [0.2, 0.25) is 0 Å². The highest BCUT2D eigenvalue weighted by atomic mass is 32.2. The van der Waals surface area contributed by atoms with Crippen LogP contribution in [0.15, 0.2) is 18.2 Å². The Balaban J connectivity index is 2.47. The maximum atomic E-state index is 11.8. The summed E-state index contributed by atoms with van der Waals surface area (Å²) >= 11 is 1.65. The number of amides is 1. The Bertz CT molecular complexity index is 499. The lowest BCUT2D eigenvalue weighted by Crippen LogP contribution is -2.43. The van der Waals surface area contributed by atoms with Crippen LogP contribution in [-0.2, 0) is 9.59 Å². The highest BCUT2D eigenvalue weighted by molar-refractivity contribution is 7.99. The molecule has 0 heterocycles. The zero-order chi connectivity index (χ0) is 16.5. The monoisotopic (exact) mass is 325 g/mol. The molecule has 22 heavy (non-hydrogen) atoms. The number of carbonyl (C=O) groups excluding carboxylic acids is 1. The summed E-state index contributed by atoms with van der Waals surface area (Å²) in [5.41, 5.74) is 2.10. The number of ether oxygens (including phenoxy) is 1. The molecule has 1 rings (SSSR count). The molecule has 1 aromatic rings. The highest BCUT2D eigenvalue weighted by Gasteiger charge is 2.19. The number of benzene rings is 1. The number of thioether (sulfide) groups is 1. The summed E-state index contributed by atoms with van der Waals surface area (Å²) in [6.07, 6.45) is 0.406. The molecular weight excluding hydrogens is 302 g/mol. The van der Waals surface area contributed by atoms with E-state index in [9.17, 15) is 9.59 Å². The topological polar surface area (TPSA) is 75.6 Å². The Morgan fingerprint density at radius 2 is 1.91 bits per heavy atom. The zero-order valence-electron chi connectivity index (χ0n) is 13.2. The van der Waals surface area contributed by atoms with Crippen LogP contribution in [0, 0.1) is 13.8 Å². The summed E-state index contributed by atoms with van der Waals surface area (Å²) in [7, 11) is 0. The van der Waals surface area contributed by atoms with Crippen LogP contribution in [0.4, 0.5) is 0 Å². The lowest BCUT2D eigenvalue weighted by atomic mass is 10.1. The van der Waals surface area contributed by atoms with Crippen LogP contribution in [-0.4, -0.2) is 41.1 Å². The first-order chi connectivity index (χ1) is 10.4. The second-order valence-electron chi connectivity index (χ2n) is 5.06. The van der Waals surface area contributed by atoms with Gasteiger partial charge >= 0.3 is 5.97 Å². The number of rotatable bonds is 9. The van der Waals surface area contributed by atoms with Crippen molar-refractivity contribution in [2.24, 2.45) is 0 Å². The van der Waals surface area contributed by atoms with Crippen molar-refractivity contribution in [2.45, 2.75) is 33.2 Å². The molecule has 0 aliphatic heterocycles. The van der Waals surface area contributed by atoms with E-state index in [2.05, 4.69) is 5.32 Å². The van der Waals surface area contributed by atoms with E-state index in [-0.39, 0.29) is 6.61 Å². The van der Waals surface area contributed by atoms with Gasteiger partial charge in [0.15, 0.2) is 6.61 Å². The molecule has 0 saturated carbocycles. The summed E-state index contributed by atoms with van der Waals surface area (Å²) in [5, 5.41) is 11.6. The minimum atomic E-state index is -1.02. The predicted octanol–water partition coefficient (Wildman–Crippen LogP) is 2.39. The maximum Gasteiger partial charge on any atom is 0.326 e. The first kappa shape index (κ1) is 18.4. The molecule has 0 saturated heterocycles. The fourth-order valence-electron chi connectivity index (χ4n) is 2.00. The van der Waals surface area contributed by atoms with Crippen molar-refractivity contribution in [2.75, 3.05) is 18.1 Å². The standard InChI is InChI=1S/C16H23NO4S/c1-4-22-6-5-14(16(19)20)17-15(18)10-21-13-8-11(2)7-12(3)9-13/h7-9,14H,4-6,10H2,1-3H3,(H,17,18)(H,19,20). The zero-order valence-corrected chi connectivity index (χ0v) is 14.0. The van der Waals surface area contributed by atoms with Gasteiger partial charge in [-0.1, -0.05) is 13.0 Å². The van der Waals surface area contributed by atoms with Crippen molar-refractivity contribution in [3.8, 4) is 5.75 Å². The van der Waals surface area contributed by atoms with Crippen LogP contribution in [0.25, 0.3) is 0 Å². The lowest BCUT2D eigenvalue weighted by Gasteiger charge is -2.15. The fourth-order valence-corrected chi connectivity index (χ4v) is 2.70. The van der Waals surface area contributed by atoms with Gasteiger partial charge in [0.1, 0.15) is 11.8 Å². The fraction of sp³-hybridized carbons (Fsp3) is 0.500. The molecule has 0 bridgehead atoms. The number of hydrogen-bond acceptors (Lipinski definition) is 4. The van der Waals surface area contributed by atoms with Gasteiger partial charge in [0.2, 0.25) is 0 Å². The number of carboxylic acids is 1. The molecule has 5 nitrogen and oxygen atoms in total. The van der Waals surface area contributed by atoms with E-state index >= 15 is 0 Å². The molecule has 1 unspecified atom stereocenters. The molecule has 0 radical (unpaired) electrons. The van der Waals surface area contributed by atoms with Gasteiger partial charge in [-0.2, -0.15) is 11.8 Å². The third kappa shape index (κ3) is 6.85. The normalized spacial score (nSPS) is 11.8. The SMILES string of the molecule is CCSCCC(NC(=O)COc1cc(C)cc(C)c1)C(=O)O. The van der Waals surface area contributed by atoms with Gasteiger partial charge in [0.25, 0.3) is 5.91 Å². The maximum absolute atomic E-state index is 11.8. The van der Waals surface area contributed by atoms with E-state index in [1.54, 1.807) is 11.8 Å². The van der Waals surface area contributed by atoms with E-state index < -0.39 is 17.9 Å². The van der Waals surface area contributed by atoms with Gasteiger partial charge in [-0.15, -0.1) is 0 Å². The Kier molecular flexibility index (Phi) is 7.80. The summed E-state index contributed by atoms with van der Waals surface area (Å²) in [5.74, 6) is 0.799. The average molecular weight is 325 g/mol. The second kappa shape index (κ2) is 9.35. The molecule has 0 aromatic heterocycles. The van der Waals surface area contributed by atoms with Crippen molar-refractivity contribution in [1.82, 2.24) is 5.32 Å². The van der Waals surface area contributed by atoms with Crippen LogP contribution in [0.1, 0.15) is 24.5 Å². The molecular formula is C16H23NO4S. The number of carboxylic acid groups (broad SMARTS) is 1. The number of nitrogens with one attached hydrogen (secondary N) is 1. The first-order valence-electron chi connectivity index (χ1n) is 7.23. The Morgan fingerprint density at radius 1 is 1.27 bits per heavy atom. The average Bonchev–Trinajstić information content (AvgIpc) is 2.43. The van der Waals surface area contributed by atoms with Crippen molar-refractivity contribution < 1.29 is 19.4 Å². The van der Waals surface area contributed by atoms with Crippen molar-refractivity contribution in [3.05, 3.63) is 29.3 Å². The molecule has 1 amide bonds. The van der Waals surface area contributed by atoms with Crippen molar-refractivity contribution in [1.29, 1.82) is 0 Å². The molecule has 1 aromatic carbocycles.